The van der Waals surface area contributed by atoms with Gasteiger partial charge >= 0.3 is 0 Å². The maximum atomic E-state index is 14.8. The number of hydrogen-bond acceptors (Lipinski definition) is 5. The van der Waals surface area contributed by atoms with Crippen molar-refractivity contribution < 1.29 is 9.18 Å². The van der Waals surface area contributed by atoms with Crippen molar-refractivity contribution in [2.75, 3.05) is 18.4 Å². The predicted octanol–water partition coefficient (Wildman–Crippen LogP) is 2.74. The standard InChI is InChI=1S/C21H22FN7O/c1-12-6-17(27-29-9-13(2)24-19(12)29)15-7-16(22)20-25-18(11-28(20)10-15)26-21(30)14-4-3-5-23-8-14/h6-7,9-11,14,23H,3-5,8H2,1-2H3,(H,26,30). The van der Waals surface area contributed by atoms with Crippen molar-refractivity contribution in [3.05, 3.63) is 47.8 Å². The molecule has 2 N–H and O–H groups in total. The number of rotatable bonds is 3. The van der Waals surface area contributed by atoms with E-state index in [9.17, 15) is 9.18 Å². The maximum Gasteiger partial charge on any atom is 0.229 e. The average molecular weight is 407 g/mol. The molecule has 8 nitrogen and oxygen atoms in total. The molecule has 154 valence electrons. The molecule has 1 aliphatic heterocycles. The number of imidazole rings is 2. The molecule has 1 unspecified atom stereocenters. The first-order chi connectivity index (χ1) is 14.5. The van der Waals surface area contributed by atoms with E-state index in [1.54, 1.807) is 21.3 Å². The first-order valence-electron chi connectivity index (χ1n) is 10.0. The maximum absolute atomic E-state index is 14.8. The third-order valence-corrected chi connectivity index (χ3v) is 5.45. The minimum Gasteiger partial charge on any atom is -0.316 e. The molecule has 0 bridgehead atoms. The van der Waals surface area contributed by atoms with Crippen molar-refractivity contribution >= 4 is 23.0 Å². The summed E-state index contributed by atoms with van der Waals surface area (Å²) in [6.07, 6.45) is 7.04. The highest BCUT2D eigenvalue weighted by atomic mass is 19.1. The topological polar surface area (TPSA) is 88.6 Å². The molecule has 1 aliphatic rings. The summed E-state index contributed by atoms with van der Waals surface area (Å²) in [5, 5.41) is 10.6. The lowest BCUT2D eigenvalue weighted by Crippen LogP contribution is -2.37. The van der Waals surface area contributed by atoms with E-state index in [2.05, 4.69) is 25.7 Å². The minimum absolute atomic E-state index is 0.0931. The van der Waals surface area contributed by atoms with E-state index >= 15 is 0 Å². The van der Waals surface area contributed by atoms with Crippen molar-refractivity contribution in [2.45, 2.75) is 26.7 Å². The van der Waals surface area contributed by atoms with Gasteiger partial charge in [0.1, 0.15) is 0 Å². The van der Waals surface area contributed by atoms with Crippen LogP contribution in [0.1, 0.15) is 24.1 Å². The van der Waals surface area contributed by atoms with Crippen LogP contribution in [0, 0.1) is 25.6 Å². The van der Waals surface area contributed by atoms with Crippen molar-refractivity contribution in [1.29, 1.82) is 0 Å². The van der Waals surface area contributed by atoms with Crippen LogP contribution in [-0.4, -0.2) is 43.0 Å². The zero-order valence-corrected chi connectivity index (χ0v) is 16.8. The number of halogens is 1. The van der Waals surface area contributed by atoms with Gasteiger partial charge in [-0.3, -0.25) is 4.79 Å². The number of aromatic nitrogens is 5. The number of aryl methyl sites for hydroxylation is 2. The van der Waals surface area contributed by atoms with E-state index in [4.69, 9.17) is 0 Å². The predicted molar refractivity (Wildman–Crippen MR) is 111 cm³/mol. The Hall–Kier alpha value is -3.33. The van der Waals surface area contributed by atoms with Gasteiger partial charge in [0.15, 0.2) is 22.9 Å². The highest BCUT2D eigenvalue weighted by molar-refractivity contribution is 5.92. The van der Waals surface area contributed by atoms with Crippen LogP contribution in [0.2, 0.25) is 0 Å². The molecule has 0 radical (unpaired) electrons. The summed E-state index contributed by atoms with van der Waals surface area (Å²) < 4.78 is 18.1. The number of nitrogens with one attached hydrogen (secondary N) is 2. The molecule has 1 atom stereocenters. The van der Waals surface area contributed by atoms with Crippen molar-refractivity contribution in [3.8, 4) is 11.3 Å². The summed E-state index contributed by atoms with van der Waals surface area (Å²) in [6.45, 7) is 5.44. The third-order valence-electron chi connectivity index (χ3n) is 5.45. The number of hydrogen-bond donors (Lipinski definition) is 2. The minimum atomic E-state index is -0.478. The van der Waals surface area contributed by atoms with Gasteiger partial charge in [-0.15, -0.1) is 0 Å². The van der Waals surface area contributed by atoms with Crippen LogP contribution in [-0.2, 0) is 4.79 Å². The Morgan fingerprint density at radius 2 is 2.07 bits per heavy atom. The van der Waals surface area contributed by atoms with E-state index in [1.807, 2.05) is 26.1 Å². The molecular weight excluding hydrogens is 385 g/mol. The van der Waals surface area contributed by atoms with E-state index in [1.165, 1.54) is 6.07 Å². The fraction of sp³-hybridized carbons (Fsp3) is 0.333. The van der Waals surface area contributed by atoms with Crippen molar-refractivity contribution in [2.24, 2.45) is 5.92 Å². The molecule has 0 aliphatic carbocycles. The number of pyridine rings is 1. The Bertz CT molecular complexity index is 1270. The first kappa shape index (κ1) is 18.7. The summed E-state index contributed by atoms with van der Waals surface area (Å²) in [7, 11) is 0. The Balaban J connectivity index is 1.48. The van der Waals surface area contributed by atoms with Gasteiger partial charge in [-0.1, -0.05) is 0 Å². The van der Waals surface area contributed by atoms with Crippen molar-refractivity contribution in [3.63, 3.8) is 0 Å². The largest absolute Gasteiger partial charge is 0.316 e. The smallest absolute Gasteiger partial charge is 0.229 e. The lowest BCUT2D eigenvalue weighted by atomic mass is 9.99. The van der Waals surface area contributed by atoms with Crippen LogP contribution in [0.15, 0.2) is 30.7 Å². The normalized spacial score (nSPS) is 17.0. The van der Waals surface area contributed by atoms with Gasteiger partial charge in [0, 0.05) is 18.3 Å². The number of anilines is 1. The molecule has 5 rings (SSSR count). The average Bonchev–Trinajstić information content (AvgIpc) is 3.31. The second kappa shape index (κ2) is 7.17. The summed E-state index contributed by atoms with van der Waals surface area (Å²) in [4.78, 5) is 21.2. The molecule has 30 heavy (non-hydrogen) atoms. The molecule has 0 spiro atoms. The Kier molecular flexibility index (Phi) is 4.47. The molecule has 5 heterocycles. The summed E-state index contributed by atoms with van der Waals surface area (Å²) >= 11 is 0. The zero-order valence-electron chi connectivity index (χ0n) is 16.8. The number of fused-ring (bicyclic) bond motifs is 2. The van der Waals surface area contributed by atoms with Gasteiger partial charge in [-0.05, 0) is 50.9 Å². The Morgan fingerprint density at radius 1 is 1.20 bits per heavy atom. The molecule has 4 aromatic rings. The molecule has 1 saturated heterocycles. The van der Waals surface area contributed by atoms with Crippen LogP contribution in [0.3, 0.4) is 0 Å². The molecule has 1 fully saturated rings. The van der Waals surface area contributed by atoms with Gasteiger partial charge in [-0.25, -0.2) is 18.9 Å². The molecule has 4 aromatic heterocycles. The molecule has 9 heteroatoms. The number of carbonyl (C=O) groups is 1. The SMILES string of the molecule is Cc1cn2nc(-c3cc(F)c4nc(NC(=O)C5CCCNC5)cn4c3)cc(C)c2n1. The first-order valence-corrected chi connectivity index (χ1v) is 10.0. The zero-order chi connectivity index (χ0) is 20.8. The fourth-order valence-corrected chi connectivity index (χ4v) is 3.95. The fourth-order valence-electron chi connectivity index (χ4n) is 3.95. The van der Waals surface area contributed by atoms with Gasteiger partial charge in [0.05, 0.1) is 29.7 Å². The number of piperidine rings is 1. The lowest BCUT2D eigenvalue weighted by molar-refractivity contribution is -0.120. The van der Waals surface area contributed by atoms with Gasteiger partial charge in [0.25, 0.3) is 0 Å². The Labute approximate surface area is 172 Å². The molecule has 0 saturated carbocycles. The highest BCUT2D eigenvalue weighted by Crippen LogP contribution is 2.24. The van der Waals surface area contributed by atoms with Crippen LogP contribution in [0.4, 0.5) is 10.2 Å². The van der Waals surface area contributed by atoms with Crippen LogP contribution < -0.4 is 10.6 Å². The lowest BCUT2D eigenvalue weighted by Gasteiger charge is -2.21. The third kappa shape index (κ3) is 3.30. The van der Waals surface area contributed by atoms with Crippen LogP contribution >= 0.6 is 0 Å². The second-order valence-corrected chi connectivity index (χ2v) is 7.83. The summed E-state index contributed by atoms with van der Waals surface area (Å²) in [5.41, 5.74) is 4.00. The summed E-state index contributed by atoms with van der Waals surface area (Å²) in [5.74, 6) is -0.328. The van der Waals surface area contributed by atoms with Crippen LogP contribution in [0.25, 0.3) is 22.6 Å². The van der Waals surface area contributed by atoms with E-state index in [0.29, 0.717) is 23.6 Å². The highest BCUT2D eigenvalue weighted by Gasteiger charge is 2.22. The van der Waals surface area contributed by atoms with Crippen molar-refractivity contribution in [1.82, 2.24) is 29.3 Å². The molecule has 1 amide bonds. The van der Waals surface area contributed by atoms with E-state index < -0.39 is 5.82 Å². The van der Waals surface area contributed by atoms with E-state index in [-0.39, 0.29) is 17.5 Å². The monoisotopic (exact) mass is 407 g/mol. The number of nitrogens with zero attached hydrogens (tertiary/aromatic N) is 5. The van der Waals surface area contributed by atoms with E-state index in [0.717, 1.165) is 36.3 Å². The van der Waals surface area contributed by atoms with Gasteiger partial charge in [0.2, 0.25) is 5.91 Å². The quantitative estimate of drug-likeness (QED) is 0.545. The van der Waals surface area contributed by atoms with Crippen LogP contribution in [0.5, 0.6) is 0 Å². The van der Waals surface area contributed by atoms with Gasteiger partial charge < -0.3 is 15.0 Å². The number of amides is 1. The second-order valence-electron chi connectivity index (χ2n) is 7.83. The molecule has 0 aromatic carbocycles. The van der Waals surface area contributed by atoms with Gasteiger partial charge in [-0.2, -0.15) is 5.10 Å². The Morgan fingerprint density at radius 3 is 2.87 bits per heavy atom. The molecular formula is C21H22FN7O. The number of carbonyl (C=O) groups excluding carboxylic acids is 1. The summed E-state index contributed by atoms with van der Waals surface area (Å²) in [6, 6.07) is 3.30.